The van der Waals surface area contributed by atoms with E-state index in [1.165, 1.54) is 0 Å². The van der Waals surface area contributed by atoms with Gasteiger partial charge < -0.3 is 28.4 Å². The van der Waals surface area contributed by atoms with E-state index in [1.807, 2.05) is 0 Å². The van der Waals surface area contributed by atoms with Crippen molar-refractivity contribution in [2.24, 2.45) is 11.8 Å². The quantitative estimate of drug-likeness (QED) is 0.731. The molecule has 0 saturated carbocycles. The van der Waals surface area contributed by atoms with E-state index < -0.39 is 36.0 Å². The average molecular weight is 382 g/mol. The molecule has 0 spiro atoms. The normalized spacial score (nSPS) is 28.9. The van der Waals surface area contributed by atoms with Crippen molar-refractivity contribution >= 4 is 11.9 Å². The van der Waals surface area contributed by atoms with E-state index in [4.69, 9.17) is 28.4 Å². The molecule has 28 heavy (non-hydrogen) atoms. The number of esters is 2. The molecule has 0 amide bonds. The first kappa shape index (κ1) is 15.6. The van der Waals surface area contributed by atoms with Crippen LogP contribution in [0.5, 0.6) is 23.0 Å². The zero-order chi connectivity index (χ0) is 18.8. The molecule has 2 saturated heterocycles. The second kappa shape index (κ2) is 5.54. The van der Waals surface area contributed by atoms with Gasteiger partial charge in [-0.05, 0) is 35.4 Å². The third-order valence-corrected chi connectivity index (χ3v) is 5.52. The van der Waals surface area contributed by atoms with Crippen LogP contribution in [0.4, 0.5) is 0 Å². The number of ether oxygens (including phenoxy) is 6. The van der Waals surface area contributed by atoms with E-state index in [9.17, 15) is 9.59 Å². The summed E-state index contributed by atoms with van der Waals surface area (Å²) >= 11 is 0. The minimum atomic E-state index is -0.724. The number of hydrogen-bond acceptors (Lipinski definition) is 8. The van der Waals surface area contributed by atoms with Crippen LogP contribution >= 0.6 is 0 Å². The highest BCUT2D eigenvalue weighted by molar-refractivity contribution is 5.89. The van der Waals surface area contributed by atoms with E-state index in [0.29, 0.717) is 34.1 Å². The van der Waals surface area contributed by atoms with Crippen LogP contribution in [0.15, 0.2) is 36.4 Å². The third-order valence-electron chi connectivity index (χ3n) is 5.52. The minimum absolute atomic E-state index is 0.142. The second-order valence-electron chi connectivity index (χ2n) is 6.99. The van der Waals surface area contributed by atoms with Crippen LogP contribution in [0.25, 0.3) is 0 Å². The monoisotopic (exact) mass is 382 g/mol. The Hall–Kier alpha value is -3.42. The fraction of sp³-hybridized carbons (Fsp3) is 0.300. The van der Waals surface area contributed by atoms with Gasteiger partial charge >= 0.3 is 11.9 Å². The van der Waals surface area contributed by atoms with Crippen LogP contribution in [0.2, 0.25) is 0 Å². The molecule has 4 aliphatic heterocycles. The molecule has 4 heterocycles. The highest BCUT2D eigenvalue weighted by Crippen LogP contribution is 2.53. The Balaban J connectivity index is 1.35. The van der Waals surface area contributed by atoms with E-state index in [1.54, 1.807) is 36.4 Å². The summed E-state index contributed by atoms with van der Waals surface area (Å²) in [4.78, 5) is 25.3. The summed E-state index contributed by atoms with van der Waals surface area (Å²) in [6, 6.07) is 10.5. The molecule has 8 nitrogen and oxygen atoms in total. The molecule has 2 fully saturated rings. The van der Waals surface area contributed by atoms with E-state index in [2.05, 4.69) is 0 Å². The SMILES string of the molecule is O=C1O[C@@H](c2ccc3c(c2)OCO3)[C@H]2C(=O)O[C@H](c3ccc4c(c3)OCO4)[C@H]12. The van der Waals surface area contributed by atoms with Gasteiger partial charge in [-0.25, -0.2) is 0 Å². The summed E-state index contributed by atoms with van der Waals surface area (Å²) in [6.07, 6.45) is -1.45. The summed E-state index contributed by atoms with van der Waals surface area (Å²) in [5.74, 6) is 0.0223. The Morgan fingerprint density at radius 2 is 1.04 bits per heavy atom. The summed E-state index contributed by atoms with van der Waals surface area (Å²) in [5.41, 5.74) is 1.35. The first-order valence-electron chi connectivity index (χ1n) is 8.89. The number of cyclic esters (lactones) is 2. The van der Waals surface area contributed by atoms with Gasteiger partial charge in [-0.3, -0.25) is 9.59 Å². The number of carbonyl (C=O) groups is 2. The topological polar surface area (TPSA) is 89.5 Å². The molecular weight excluding hydrogens is 368 g/mol. The number of rotatable bonds is 2. The molecule has 6 rings (SSSR count). The summed E-state index contributed by atoms with van der Waals surface area (Å²) in [5, 5.41) is 0. The molecule has 0 unspecified atom stereocenters. The van der Waals surface area contributed by atoms with Crippen molar-refractivity contribution in [1.29, 1.82) is 0 Å². The highest BCUT2D eigenvalue weighted by Gasteiger charge is 2.60. The molecule has 0 N–H and O–H groups in total. The lowest BCUT2D eigenvalue weighted by Gasteiger charge is -2.15. The van der Waals surface area contributed by atoms with Crippen molar-refractivity contribution in [2.75, 3.05) is 13.6 Å². The number of benzene rings is 2. The molecule has 2 aromatic carbocycles. The van der Waals surface area contributed by atoms with Crippen LogP contribution in [-0.2, 0) is 19.1 Å². The molecule has 8 heteroatoms. The first-order valence-corrected chi connectivity index (χ1v) is 8.89. The standard InChI is InChI=1S/C20H14O8/c21-19-15-16(18(28-19)10-2-4-12-14(6-10)26-8-24-12)20(22)27-17(15)9-1-3-11-13(5-9)25-7-23-11/h1-6,15-18H,7-8H2/t15-,16+,17-,18+. The van der Waals surface area contributed by atoms with Gasteiger partial charge in [0.2, 0.25) is 13.6 Å². The van der Waals surface area contributed by atoms with Crippen LogP contribution in [0.1, 0.15) is 23.3 Å². The van der Waals surface area contributed by atoms with Gasteiger partial charge in [0.15, 0.2) is 23.0 Å². The lowest BCUT2D eigenvalue weighted by atomic mass is 9.84. The zero-order valence-electron chi connectivity index (χ0n) is 14.5. The van der Waals surface area contributed by atoms with Gasteiger partial charge in [-0.2, -0.15) is 0 Å². The van der Waals surface area contributed by atoms with Crippen molar-refractivity contribution in [1.82, 2.24) is 0 Å². The Labute approximate surface area is 158 Å². The van der Waals surface area contributed by atoms with Crippen molar-refractivity contribution in [2.45, 2.75) is 12.2 Å². The van der Waals surface area contributed by atoms with E-state index in [0.717, 1.165) is 0 Å². The van der Waals surface area contributed by atoms with Crippen molar-refractivity contribution < 1.29 is 38.0 Å². The summed E-state index contributed by atoms with van der Waals surface area (Å²) in [6.45, 7) is 0.285. The molecule has 4 atom stereocenters. The maximum absolute atomic E-state index is 12.7. The predicted octanol–water partition coefficient (Wildman–Crippen LogP) is 2.27. The zero-order valence-corrected chi connectivity index (χ0v) is 14.5. The largest absolute Gasteiger partial charge is 0.456 e. The van der Waals surface area contributed by atoms with Crippen LogP contribution in [-0.4, -0.2) is 25.5 Å². The maximum atomic E-state index is 12.7. The molecule has 142 valence electrons. The lowest BCUT2D eigenvalue weighted by Crippen LogP contribution is -2.19. The van der Waals surface area contributed by atoms with Crippen LogP contribution in [0.3, 0.4) is 0 Å². The van der Waals surface area contributed by atoms with Crippen LogP contribution < -0.4 is 18.9 Å². The summed E-state index contributed by atoms with van der Waals surface area (Å²) in [7, 11) is 0. The van der Waals surface area contributed by atoms with Gasteiger partial charge in [0.1, 0.15) is 24.0 Å². The van der Waals surface area contributed by atoms with Crippen LogP contribution in [0, 0.1) is 11.8 Å². The molecule has 4 aliphatic rings. The fourth-order valence-corrected chi connectivity index (χ4v) is 4.20. The highest BCUT2D eigenvalue weighted by atomic mass is 16.7. The van der Waals surface area contributed by atoms with Gasteiger partial charge in [-0.1, -0.05) is 12.1 Å². The smallest absolute Gasteiger partial charge is 0.314 e. The molecule has 0 aromatic heterocycles. The number of carbonyl (C=O) groups excluding carboxylic acids is 2. The van der Waals surface area contributed by atoms with Gasteiger partial charge in [0, 0.05) is 0 Å². The van der Waals surface area contributed by atoms with Crippen molar-refractivity contribution in [3.8, 4) is 23.0 Å². The molecule has 0 bridgehead atoms. The predicted molar refractivity (Wildman–Crippen MR) is 89.8 cm³/mol. The average Bonchev–Trinajstić information content (AvgIpc) is 3.46. The van der Waals surface area contributed by atoms with Gasteiger partial charge in [-0.15, -0.1) is 0 Å². The minimum Gasteiger partial charge on any atom is -0.456 e. The Morgan fingerprint density at radius 1 is 0.607 bits per heavy atom. The van der Waals surface area contributed by atoms with E-state index in [-0.39, 0.29) is 13.6 Å². The van der Waals surface area contributed by atoms with Gasteiger partial charge in [0.05, 0.1) is 0 Å². The molecule has 0 aliphatic carbocycles. The molecule has 2 aromatic rings. The first-order chi connectivity index (χ1) is 13.7. The summed E-state index contributed by atoms with van der Waals surface area (Å²) < 4.78 is 32.6. The van der Waals surface area contributed by atoms with E-state index >= 15 is 0 Å². The van der Waals surface area contributed by atoms with Gasteiger partial charge in [0.25, 0.3) is 0 Å². The van der Waals surface area contributed by atoms with Crippen molar-refractivity contribution in [3.63, 3.8) is 0 Å². The Bertz CT molecular complexity index is 934. The Kier molecular flexibility index (Phi) is 3.09. The third kappa shape index (κ3) is 2.11. The lowest BCUT2D eigenvalue weighted by molar-refractivity contribution is -0.154. The molecular formula is C20H14O8. The molecule has 0 radical (unpaired) electrons. The number of hydrogen-bond donors (Lipinski definition) is 0. The maximum Gasteiger partial charge on any atom is 0.314 e. The van der Waals surface area contributed by atoms with Crippen molar-refractivity contribution in [3.05, 3.63) is 47.5 Å². The Morgan fingerprint density at radius 3 is 1.50 bits per heavy atom. The number of fused-ring (bicyclic) bond motifs is 3. The fourth-order valence-electron chi connectivity index (χ4n) is 4.20. The second-order valence-corrected chi connectivity index (χ2v) is 6.99.